The molecule has 3 atom stereocenters. The van der Waals surface area contributed by atoms with Crippen LogP contribution in [0.25, 0.3) is 0 Å². The maximum Gasteiger partial charge on any atom is 0.225 e. The van der Waals surface area contributed by atoms with Crippen LogP contribution in [0.5, 0.6) is 0 Å². The number of anilines is 1. The van der Waals surface area contributed by atoms with Gasteiger partial charge >= 0.3 is 0 Å². The van der Waals surface area contributed by atoms with Crippen molar-refractivity contribution in [1.29, 1.82) is 0 Å². The number of hydrogen-bond donors (Lipinski definition) is 1. The van der Waals surface area contributed by atoms with E-state index < -0.39 is 0 Å². The van der Waals surface area contributed by atoms with Gasteiger partial charge in [-0.15, -0.1) is 0 Å². The van der Waals surface area contributed by atoms with Gasteiger partial charge in [0.1, 0.15) is 0 Å². The summed E-state index contributed by atoms with van der Waals surface area (Å²) in [6, 6.07) is 2.27. The van der Waals surface area contributed by atoms with Crippen LogP contribution in [0.2, 0.25) is 0 Å². The molecule has 126 valence electrons. The number of carbonyl (C=O) groups is 1. The van der Waals surface area contributed by atoms with Crippen molar-refractivity contribution in [2.45, 2.75) is 58.4 Å². The van der Waals surface area contributed by atoms with Gasteiger partial charge in [0.05, 0.1) is 5.92 Å². The highest BCUT2D eigenvalue weighted by Crippen LogP contribution is 2.25. The van der Waals surface area contributed by atoms with Crippen molar-refractivity contribution >= 4 is 11.9 Å². The normalized spacial score (nSPS) is 28.4. The SMILES string of the molecule is Cc1ccnc(N2CCCC(C(=O)NC3CCCCC3C)C2)n1. The molecule has 1 aliphatic carbocycles. The van der Waals surface area contributed by atoms with Crippen LogP contribution >= 0.6 is 0 Å². The second-order valence-electron chi connectivity index (χ2n) is 7.16. The third-order valence-corrected chi connectivity index (χ3v) is 5.30. The number of hydrogen-bond acceptors (Lipinski definition) is 4. The summed E-state index contributed by atoms with van der Waals surface area (Å²) in [4.78, 5) is 23.7. The Bertz CT molecular complexity index is 548. The van der Waals surface area contributed by atoms with E-state index in [0.717, 1.165) is 44.0 Å². The van der Waals surface area contributed by atoms with Crippen molar-refractivity contribution in [1.82, 2.24) is 15.3 Å². The topological polar surface area (TPSA) is 58.1 Å². The summed E-state index contributed by atoms with van der Waals surface area (Å²) in [6.45, 7) is 5.91. The molecule has 1 aromatic heterocycles. The van der Waals surface area contributed by atoms with Gasteiger partial charge in [0, 0.05) is 31.0 Å². The first-order valence-electron chi connectivity index (χ1n) is 8.98. The van der Waals surface area contributed by atoms with Crippen LogP contribution in [0.3, 0.4) is 0 Å². The molecule has 2 fully saturated rings. The van der Waals surface area contributed by atoms with Gasteiger partial charge in [-0.2, -0.15) is 0 Å². The number of amides is 1. The van der Waals surface area contributed by atoms with Crippen LogP contribution in [0.4, 0.5) is 5.95 Å². The summed E-state index contributed by atoms with van der Waals surface area (Å²) >= 11 is 0. The van der Waals surface area contributed by atoms with Crippen molar-refractivity contribution in [3.8, 4) is 0 Å². The van der Waals surface area contributed by atoms with Crippen LogP contribution in [0, 0.1) is 18.8 Å². The number of nitrogens with zero attached hydrogens (tertiary/aromatic N) is 3. The van der Waals surface area contributed by atoms with Gasteiger partial charge in [0.15, 0.2) is 0 Å². The predicted molar refractivity (Wildman–Crippen MR) is 91.3 cm³/mol. The Labute approximate surface area is 138 Å². The van der Waals surface area contributed by atoms with Crippen molar-refractivity contribution < 1.29 is 4.79 Å². The lowest BCUT2D eigenvalue weighted by Crippen LogP contribution is -2.48. The first-order chi connectivity index (χ1) is 11.1. The third kappa shape index (κ3) is 4.01. The first-order valence-corrected chi connectivity index (χ1v) is 8.98. The molecule has 1 aliphatic heterocycles. The van der Waals surface area contributed by atoms with E-state index in [1.54, 1.807) is 6.20 Å². The smallest absolute Gasteiger partial charge is 0.225 e. The molecule has 0 bridgehead atoms. The molecule has 5 nitrogen and oxygen atoms in total. The van der Waals surface area contributed by atoms with E-state index in [1.807, 2.05) is 13.0 Å². The minimum absolute atomic E-state index is 0.0574. The Kier molecular flexibility index (Phi) is 5.13. The zero-order valence-electron chi connectivity index (χ0n) is 14.3. The Balaban J connectivity index is 1.60. The third-order valence-electron chi connectivity index (χ3n) is 5.30. The highest BCUT2D eigenvalue weighted by molar-refractivity contribution is 5.79. The average molecular weight is 316 g/mol. The molecule has 0 aromatic carbocycles. The number of piperidine rings is 1. The lowest BCUT2D eigenvalue weighted by molar-refractivity contribution is -0.126. The molecule has 1 amide bonds. The molecule has 23 heavy (non-hydrogen) atoms. The number of rotatable bonds is 3. The van der Waals surface area contributed by atoms with E-state index in [0.29, 0.717) is 12.0 Å². The fourth-order valence-electron chi connectivity index (χ4n) is 3.79. The van der Waals surface area contributed by atoms with Crippen LogP contribution in [0.15, 0.2) is 12.3 Å². The van der Waals surface area contributed by atoms with Crippen molar-refractivity contribution in [3.63, 3.8) is 0 Å². The minimum Gasteiger partial charge on any atom is -0.353 e. The van der Waals surface area contributed by atoms with Gasteiger partial charge in [-0.05, 0) is 44.6 Å². The number of carbonyl (C=O) groups excluding carboxylic acids is 1. The van der Waals surface area contributed by atoms with Crippen LogP contribution in [-0.4, -0.2) is 35.0 Å². The Morgan fingerprint density at radius 1 is 1.26 bits per heavy atom. The number of aromatic nitrogens is 2. The minimum atomic E-state index is 0.0574. The van der Waals surface area contributed by atoms with Crippen molar-refractivity contribution in [3.05, 3.63) is 18.0 Å². The van der Waals surface area contributed by atoms with Crippen molar-refractivity contribution in [2.24, 2.45) is 11.8 Å². The lowest BCUT2D eigenvalue weighted by Gasteiger charge is -2.35. The monoisotopic (exact) mass is 316 g/mol. The molecule has 1 aromatic rings. The molecule has 2 aliphatic rings. The van der Waals surface area contributed by atoms with Crippen LogP contribution < -0.4 is 10.2 Å². The molecule has 1 saturated heterocycles. The maximum atomic E-state index is 12.7. The van der Waals surface area contributed by atoms with Gasteiger partial charge < -0.3 is 10.2 Å². The Morgan fingerprint density at radius 3 is 2.87 bits per heavy atom. The molecular weight excluding hydrogens is 288 g/mol. The molecular formula is C18H28N4O. The molecule has 0 spiro atoms. The maximum absolute atomic E-state index is 12.7. The standard InChI is InChI=1S/C18H28N4O/c1-13-6-3-4-8-16(13)21-17(23)15-7-5-11-22(12-15)18-19-10-9-14(2)20-18/h9-10,13,15-16H,3-8,11-12H2,1-2H3,(H,21,23). The molecule has 5 heteroatoms. The highest BCUT2D eigenvalue weighted by atomic mass is 16.2. The fourth-order valence-corrected chi connectivity index (χ4v) is 3.79. The van der Waals surface area contributed by atoms with E-state index in [1.165, 1.54) is 19.3 Å². The van der Waals surface area contributed by atoms with E-state index in [9.17, 15) is 4.79 Å². The quantitative estimate of drug-likeness (QED) is 0.931. The lowest BCUT2D eigenvalue weighted by atomic mass is 9.85. The van der Waals surface area contributed by atoms with E-state index >= 15 is 0 Å². The summed E-state index contributed by atoms with van der Waals surface area (Å²) in [5.41, 5.74) is 0.970. The van der Waals surface area contributed by atoms with Crippen molar-refractivity contribution in [2.75, 3.05) is 18.0 Å². The second kappa shape index (κ2) is 7.28. The summed E-state index contributed by atoms with van der Waals surface area (Å²) in [6.07, 6.45) is 8.69. The highest BCUT2D eigenvalue weighted by Gasteiger charge is 2.30. The molecule has 3 rings (SSSR count). The molecule has 1 saturated carbocycles. The molecule has 2 heterocycles. The molecule has 3 unspecified atom stereocenters. The molecule has 1 N–H and O–H groups in total. The number of aryl methyl sites for hydroxylation is 1. The van der Waals surface area contributed by atoms with Gasteiger partial charge in [0.2, 0.25) is 11.9 Å². The number of nitrogens with one attached hydrogen (secondary N) is 1. The average Bonchev–Trinajstić information content (AvgIpc) is 2.57. The Hall–Kier alpha value is -1.65. The fraction of sp³-hybridized carbons (Fsp3) is 0.722. The van der Waals surface area contributed by atoms with Crippen LogP contribution in [-0.2, 0) is 4.79 Å². The van der Waals surface area contributed by atoms with Crippen LogP contribution in [0.1, 0.15) is 51.1 Å². The first kappa shape index (κ1) is 16.2. The summed E-state index contributed by atoms with van der Waals surface area (Å²) < 4.78 is 0. The van der Waals surface area contributed by atoms with Gasteiger partial charge in [-0.3, -0.25) is 4.79 Å². The van der Waals surface area contributed by atoms with E-state index in [4.69, 9.17) is 0 Å². The van der Waals surface area contributed by atoms with Gasteiger partial charge in [0.25, 0.3) is 0 Å². The zero-order chi connectivity index (χ0) is 16.2. The summed E-state index contributed by atoms with van der Waals surface area (Å²) in [7, 11) is 0. The molecule has 0 radical (unpaired) electrons. The van der Waals surface area contributed by atoms with Gasteiger partial charge in [-0.25, -0.2) is 9.97 Å². The summed E-state index contributed by atoms with van der Waals surface area (Å²) in [5, 5.41) is 3.32. The van der Waals surface area contributed by atoms with E-state index in [-0.39, 0.29) is 11.8 Å². The Morgan fingerprint density at radius 2 is 2.09 bits per heavy atom. The van der Waals surface area contributed by atoms with E-state index in [2.05, 4.69) is 27.1 Å². The summed E-state index contributed by atoms with van der Waals surface area (Å²) in [5.74, 6) is 1.64. The second-order valence-corrected chi connectivity index (χ2v) is 7.16. The zero-order valence-corrected chi connectivity index (χ0v) is 14.3. The largest absolute Gasteiger partial charge is 0.353 e. The predicted octanol–water partition coefficient (Wildman–Crippen LogP) is 2.70. The van der Waals surface area contributed by atoms with Gasteiger partial charge in [-0.1, -0.05) is 19.8 Å².